The van der Waals surface area contributed by atoms with Crippen LogP contribution in [0.4, 0.5) is 5.69 Å². The van der Waals surface area contributed by atoms with Gasteiger partial charge in [-0.3, -0.25) is 0 Å². The van der Waals surface area contributed by atoms with Gasteiger partial charge < -0.3 is 9.73 Å². The van der Waals surface area contributed by atoms with Crippen molar-refractivity contribution in [2.45, 2.75) is 19.9 Å². The Labute approximate surface area is 122 Å². The highest BCUT2D eigenvalue weighted by molar-refractivity contribution is 6.30. The number of nitrogens with zero attached hydrogens (tertiary/aromatic N) is 1. The van der Waals surface area contributed by atoms with Gasteiger partial charge in [0.2, 0.25) is 5.89 Å². The fourth-order valence-electron chi connectivity index (χ4n) is 2.06. The fraction of sp³-hybridized carbons (Fsp3) is 0.188. The molecular formula is C16H15ClN2O. The number of fused-ring (bicyclic) bond motifs is 1. The Morgan fingerprint density at radius 3 is 2.70 bits per heavy atom. The lowest BCUT2D eigenvalue weighted by atomic mass is 10.1. The van der Waals surface area contributed by atoms with Crippen LogP contribution in [-0.4, -0.2) is 4.98 Å². The average Bonchev–Trinajstić information content (AvgIpc) is 2.88. The second-order valence-electron chi connectivity index (χ2n) is 4.62. The second-order valence-corrected chi connectivity index (χ2v) is 5.06. The van der Waals surface area contributed by atoms with Gasteiger partial charge in [-0.1, -0.05) is 24.6 Å². The molecule has 3 rings (SSSR count). The second kappa shape index (κ2) is 5.55. The van der Waals surface area contributed by atoms with E-state index in [0.29, 0.717) is 12.4 Å². The first kappa shape index (κ1) is 13.0. The van der Waals surface area contributed by atoms with E-state index in [1.165, 1.54) is 5.56 Å². The van der Waals surface area contributed by atoms with E-state index in [1.54, 1.807) is 0 Å². The summed E-state index contributed by atoms with van der Waals surface area (Å²) in [6.45, 7) is 2.68. The molecule has 3 aromatic rings. The predicted octanol–water partition coefficient (Wildman–Crippen LogP) is 4.66. The minimum atomic E-state index is 0.553. The van der Waals surface area contributed by atoms with E-state index >= 15 is 0 Å². The SMILES string of the molecule is CCc1ccc2oc(CNc3ccc(Cl)cc3)nc2c1. The first-order chi connectivity index (χ1) is 9.74. The molecule has 0 spiro atoms. The van der Waals surface area contributed by atoms with Gasteiger partial charge in [0.05, 0.1) is 6.54 Å². The molecule has 0 aliphatic rings. The average molecular weight is 287 g/mol. The zero-order chi connectivity index (χ0) is 13.9. The van der Waals surface area contributed by atoms with Crippen LogP contribution in [0.25, 0.3) is 11.1 Å². The summed E-state index contributed by atoms with van der Waals surface area (Å²) in [5, 5.41) is 3.99. The van der Waals surface area contributed by atoms with Gasteiger partial charge >= 0.3 is 0 Å². The van der Waals surface area contributed by atoms with Gasteiger partial charge in [-0.15, -0.1) is 0 Å². The van der Waals surface area contributed by atoms with Crippen LogP contribution in [0.3, 0.4) is 0 Å². The molecule has 4 heteroatoms. The van der Waals surface area contributed by atoms with E-state index in [1.807, 2.05) is 30.3 Å². The van der Waals surface area contributed by atoms with Crippen molar-refractivity contribution in [3.05, 3.63) is 58.9 Å². The molecule has 3 nitrogen and oxygen atoms in total. The normalized spacial score (nSPS) is 10.9. The summed E-state index contributed by atoms with van der Waals surface area (Å²) in [4.78, 5) is 4.50. The van der Waals surface area contributed by atoms with Gasteiger partial charge in [-0.2, -0.15) is 0 Å². The third-order valence-electron chi connectivity index (χ3n) is 3.19. The topological polar surface area (TPSA) is 38.1 Å². The zero-order valence-corrected chi connectivity index (χ0v) is 11.9. The number of nitrogens with one attached hydrogen (secondary N) is 1. The molecule has 2 aromatic carbocycles. The lowest BCUT2D eigenvalue weighted by molar-refractivity contribution is 0.540. The van der Waals surface area contributed by atoms with Crippen LogP contribution in [0.5, 0.6) is 0 Å². The van der Waals surface area contributed by atoms with Crippen LogP contribution in [0.15, 0.2) is 46.9 Å². The number of halogens is 1. The molecule has 0 radical (unpaired) electrons. The third kappa shape index (κ3) is 2.78. The predicted molar refractivity (Wildman–Crippen MR) is 82.2 cm³/mol. The third-order valence-corrected chi connectivity index (χ3v) is 3.44. The molecule has 0 bridgehead atoms. The highest BCUT2D eigenvalue weighted by Crippen LogP contribution is 2.19. The summed E-state index contributed by atoms with van der Waals surface area (Å²) in [6, 6.07) is 13.7. The fourth-order valence-corrected chi connectivity index (χ4v) is 2.19. The van der Waals surface area contributed by atoms with E-state index in [2.05, 4.69) is 29.4 Å². The molecule has 20 heavy (non-hydrogen) atoms. The summed E-state index contributed by atoms with van der Waals surface area (Å²) in [5.41, 5.74) is 4.00. The van der Waals surface area contributed by atoms with E-state index < -0.39 is 0 Å². The maximum atomic E-state index is 5.85. The summed E-state index contributed by atoms with van der Waals surface area (Å²) >= 11 is 5.85. The maximum Gasteiger partial charge on any atom is 0.214 e. The van der Waals surface area contributed by atoms with Crippen molar-refractivity contribution in [2.24, 2.45) is 0 Å². The lowest BCUT2D eigenvalue weighted by Gasteiger charge is -2.02. The number of oxazole rings is 1. The summed E-state index contributed by atoms with van der Waals surface area (Å²) in [5.74, 6) is 0.684. The molecule has 0 atom stereocenters. The summed E-state index contributed by atoms with van der Waals surface area (Å²) < 4.78 is 5.71. The van der Waals surface area contributed by atoms with Crippen molar-refractivity contribution in [3.8, 4) is 0 Å². The lowest BCUT2D eigenvalue weighted by Crippen LogP contribution is -1.98. The number of aromatic nitrogens is 1. The quantitative estimate of drug-likeness (QED) is 0.758. The van der Waals surface area contributed by atoms with Crippen LogP contribution < -0.4 is 5.32 Å². The monoisotopic (exact) mass is 286 g/mol. The molecule has 0 aliphatic heterocycles. The standard InChI is InChI=1S/C16H15ClN2O/c1-2-11-3-8-15-14(9-11)19-16(20-15)10-18-13-6-4-12(17)5-7-13/h3-9,18H,2,10H2,1H3. The zero-order valence-electron chi connectivity index (χ0n) is 11.2. The molecular weight excluding hydrogens is 272 g/mol. The molecule has 1 heterocycles. The molecule has 0 saturated heterocycles. The Morgan fingerprint density at radius 2 is 1.95 bits per heavy atom. The number of anilines is 1. The van der Waals surface area contributed by atoms with E-state index in [0.717, 1.165) is 28.2 Å². The Balaban J connectivity index is 1.75. The van der Waals surface area contributed by atoms with Crippen molar-refractivity contribution in [2.75, 3.05) is 5.32 Å². The van der Waals surface area contributed by atoms with Crippen LogP contribution in [0.2, 0.25) is 5.02 Å². The Hall–Kier alpha value is -2.00. The van der Waals surface area contributed by atoms with Crippen molar-refractivity contribution >= 4 is 28.4 Å². The van der Waals surface area contributed by atoms with Crippen LogP contribution in [0, 0.1) is 0 Å². The highest BCUT2D eigenvalue weighted by Gasteiger charge is 2.06. The number of rotatable bonds is 4. The van der Waals surface area contributed by atoms with Gasteiger partial charge in [-0.05, 0) is 48.4 Å². The van der Waals surface area contributed by atoms with Gasteiger partial charge in [-0.25, -0.2) is 4.98 Å². The van der Waals surface area contributed by atoms with Gasteiger partial charge in [0.15, 0.2) is 5.58 Å². The molecule has 0 amide bonds. The number of hydrogen-bond acceptors (Lipinski definition) is 3. The van der Waals surface area contributed by atoms with Crippen molar-refractivity contribution in [3.63, 3.8) is 0 Å². The maximum absolute atomic E-state index is 5.85. The smallest absolute Gasteiger partial charge is 0.214 e. The van der Waals surface area contributed by atoms with Crippen molar-refractivity contribution in [1.29, 1.82) is 0 Å². The van der Waals surface area contributed by atoms with E-state index in [4.69, 9.17) is 16.0 Å². The molecule has 0 fully saturated rings. The van der Waals surface area contributed by atoms with E-state index in [-0.39, 0.29) is 0 Å². The molecule has 1 N–H and O–H groups in total. The van der Waals surface area contributed by atoms with Crippen molar-refractivity contribution in [1.82, 2.24) is 4.98 Å². The molecule has 0 saturated carbocycles. The number of hydrogen-bond donors (Lipinski definition) is 1. The summed E-state index contributed by atoms with van der Waals surface area (Å²) in [7, 11) is 0. The molecule has 0 unspecified atom stereocenters. The van der Waals surface area contributed by atoms with Crippen LogP contribution in [-0.2, 0) is 13.0 Å². The largest absolute Gasteiger partial charge is 0.439 e. The minimum absolute atomic E-state index is 0.553. The molecule has 0 aliphatic carbocycles. The Kier molecular flexibility index (Phi) is 3.61. The van der Waals surface area contributed by atoms with Crippen LogP contribution >= 0.6 is 11.6 Å². The minimum Gasteiger partial charge on any atom is -0.439 e. The van der Waals surface area contributed by atoms with E-state index in [9.17, 15) is 0 Å². The number of benzene rings is 2. The first-order valence-corrected chi connectivity index (χ1v) is 7.00. The van der Waals surface area contributed by atoms with Crippen LogP contribution in [0.1, 0.15) is 18.4 Å². The Morgan fingerprint density at radius 1 is 1.15 bits per heavy atom. The molecule has 1 aromatic heterocycles. The number of aryl methyl sites for hydroxylation is 1. The Bertz CT molecular complexity index is 719. The van der Waals surface area contributed by atoms with Gasteiger partial charge in [0, 0.05) is 10.7 Å². The first-order valence-electron chi connectivity index (χ1n) is 6.62. The van der Waals surface area contributed by atoms with Gasteiger partial charge in [0.25, 0.3) is 0 Å². The molecule has 102 valence electrons. The highest BCUT2D eigenvalue weighted by atomic mass is 35.5. The van der Waals surface area contributed by atoms with Crippen molar-refractivity contribution < 1.29 is 4.42 Å². The summed E-state index contributed by atoms with van der Waals surface area (Å²) in [6.07, 6.45) is 1.00. The van der Waals surface area contributed by atoms with Gasteiger partial charge in [0.1, 0.15) is 5.52 Å².